The Morgan fingerprint density at radius 1 is 0.974 bits per heavy atom. The molecule has 192 valence electrons. The summed E-state index contributed by atoms with van der Waals surface area (Å²) in [7, 11) is 0. The summed E-state index contributed by atoms with van der Waals surface area (Å²) in [5, 5.41) is 26.4. The second kappa shape index (κ2) is 9.46. The maximum Gasteiger partial charge on any atom is 0.273 e. The first kappa shape index (κ1) is 23.9. The van der Waals surface area contributed by atoms with Crippen LogP contribution in [-0.4, -0.2) is 32.6 Å². The van der Waals surface area contributed by atoms with Crippen LogP contribution in [0.5, 0.6) is 17.2 Å². The van der Waals surface area contributed by atoms with Crippen LogP contribution < -0.4 is 15.7 Å². The molecule has 9 heteroatoms. The lowest BCUT2D eigenvalue weighted by Crippen LogP contribution is -2.27. The normalized spacial score (nSPS) is 15.7. The number of hydrazone groups is 1. The predicted molar refractivity (Wildman–Crippen MR) is 149 cm³/mol. The summed E-state index contributed by atoms with van der Waals surface area (Å²) in [6.45, 7) is 2.17. The average Bonchev–Trinajstić information content (AvgIpc) is 3.19. The minimum atomic E-state index is -0.570. The van der Waals surface area contributed by atoms with E-state index in [4.69, 9.17) is 4.74 Å². The van der Waals surface area contributed by atoms with Crippen molar-refractivity contribution in [3.63, 3.8) is 0 Å². The van der Waals surface area contributed by atoms with Gasteiger partial charge < -0.3 is 19.5 Å². The van der Waals surface area contributed by atoms with E-state index in [2.05, 4.69) is 15.5 Å². The third-order valence-corrected chi connectivity index (χ3v) is 6.60. The lowest BCUT2D eigenvalue weighted by Gasteiger charge is -2.14. The van der Waals surface area contributed by atoms with Crippen molar-refractivity contribution < 1.29 is 19.7 Å². The number of nitrogens with one attached hydrogen (secondary N) is 1. The molecule has 6 rings (SSSR count). The van der Waals surface area contributed by atoms with Crippen LogP contribution in [0.2, 0.25) is 0 Å². The van der Waals surface area contributed by atoms with Gasteiger partial charge in [0.1, 0.15) is 34.2 Å². The van der Waals surface area contributed by atoms with Crippen LogP contribution in [0.4, 0.5) is 5.69 Å². The zero-order valence-electron chi connectivity index (χ0n) is 20.8. The number of phenols is 1. The number of aromatic hydroxyl groups is 2. The Morgan fingerprint density at radius 2 is 1.72 bits per heavy atom. The van der Waals surface area contributed by atoms with E-state index in [0.717, 1.165) is 0 Å². The minimum Gasteiger partial charge on any atom is -0.507 e. The molecule has 39 heavy (non-hydrogen) atoms. The molecule has 3 N–H and O–H groups in total. The fourth-order valence-corrected chi connectivity index (χ4v) is 4.73. The fourth-order valence-electron chi connectivity index (χ4n) is 4.73. The summed E-state index contributed by atoms with van der Waals surface area (Å²) in [5.41, 5.74) is 3.72. The summed E-state index contributed by atoms with van der Waals surface area (Å²) in [4.78, 5) is 31.1. The van der Waals surface area contributed by atoms with E-state index in [1.54, 1.807) is 60.7 Å². The summed E-state index contributed by atoms with van der Waals surface area (Å²) >= 11 is 0. The smallest absolute Gasteiger partial charge is 0.273 e. The van der Waals surface area contributed by atoms with Crippen LogP contribution in [0, 0.1) is 0 Å². The first-order chi connectivity index (χ1) is 19.0. The molecule has 0 bridgehead atoms. The highest BCUT2D eigenvalue weighted by molar-refractivity contribution is 6.32. The number of carbonyl (C=O) groups is 1. The molecular formula is C30H22N4O5. The quantitative estimate of drug-likeness (QED) is 0.346. The molecule has 0 unspecified atom stereocenters. The van der Waals surface area contributed by atoms with Gasteiger partial charge in [-0.2, -0.15) is 5.10 Å². The second-order valence-corrected chi connectivity index (χ2v) is 8.88. The van der Waals surface area contributed by atoms with Gasteiger partial charge in [0.15, 0.2) is 5.75 Å². The van der Waals surface area contributed by atoms with Gasteiger partial charge >= 0.3 is 0 Å². The van der Waals surface area contributed by atoms with Crippen molar-refractivity contribution in [2.75, 3.05) is 0 Å². The topological polar surface area (TPSA) is 126 Å². The van der Waals surface area contributed by atoms with Crippen LogP contribution in [-0.2, 0) is 11.3 Å². The number of aliphatic imine (C=N–C) groups is 1. The van der Waals surface area contributed by atoms with Crippen LogP contribution in [0.25, 0.3) is 16.7 Å². The summed E-state index contributed by atoms with van der Waals surface area (Å²) < 4.78 is 7.75. The van der Waals surface area contributed by atoms with Crippen molar-refractivity contribution in [1.29, 1.82) is 0 Å². The van der Waals surface area contributed by atoms with Crippen molar-refractivity contribution in [1.82, 2.24) is 9.99 Å². The molecule has 0 aliphatic carbocycles. The number of aryl methyl sites for hydroxylation is 1. The monoisotopic (exact) mass is 518 g/mol. The SMILES string of the molecule is CCn1c(=O)c(C2=NNC(=O)/C2=C\C2=C(c3ccccc3O)Oc3ccccc3N=C2)c(O)c2ccccc21. The zero-order chi connectivity index (χ0) is 27.1. The molecule has 4 aromatic rings. The Labute approximate surface area is 222 Å². The molecule has 1 aromatic heterocycles. The van der Waals surface area contributed by atoms with Crippen molar-refractivity contribution >= 4 is 40.2 Å². The molecular weight excluding hydrogens is 496 g/mol. The lowest BCUT2D eigenvalue weighted by atomic mass is 9.97. The largest absolute Gasteiger partial charge is 0.507 e. The number of rotatable bonds is 4. The molecule has 0 atom stereocenters. The molecule has 9 nitrogen and oxygen atoms in total. The molecule has 3 heterocycles. The van der Waals surface area contributed by atoms with Gasteiger partial charge in [0.25, 0.3) is 11.5 Å². The van der Waals surface area contributed by atoms with E-state index in [1.165, 1.54) is 22.9 Å². The molecule has 3 aromatic carbocycles. The fraction of sp³-hybridized carbons (Fsp3) is 0.0667. The first-order valence-electron chi connectivity index (χ1n) is 12.3. The summed E-state index contributed by atoms with van der Waals surface area (Å²) in [6, 6.07) is 20.8. The number of hydrogen-bond donors (Lipinski definition) is 3. The number of allylic oxidation sites excluding steroid dienone is 2. The maximum absolute atomic E-state index is 13.6. The van der Waals surface area contributed by atoms with Crippen molar-refractivity contribution in [2.45, 2.75) is 13.5 Å². The van der Waals surface area contributed by atoms with Gasteiger partial charge in [0.2, 0.25) is 0 Å². The molecule has 2 aliphatic heterocycles. The number of pyridine rings is 1. The average molecular weight is 519 g/mol. The Bertz CT molecular complexity index is 1860. The number of carbonyl (C=O) groups excluding carboxylic acids is 1. The number of para-hydroxylation sites is 4. The third-order valence-electron chi connectivity index (χ3n) is 6.60. The van der Waals surface area contributed by atoms with E-state index in [1.807, 2.05) is 13.0 Å². The van der Waals surface area contributed by atoms with Crippen molar-refractivity contribution in [2.24, 2.45) is 10.1 Å². The zero-order valence-corrected chi connectivity index (χ0v) is 20.8. The molecule has 2 aliphatic rings. The Hall–Kier alpha value is -5.44. The molecule has 0 radical (unpaired) electrons. The molecule has 1 amide bonds. The van der Waals surface area contributed by atoms with E-state index in [0.29, 0.717) is 40.0 Å². The van der Waals surface area contributed by atoms with Gasteiger partial charge in [0.05, 0.1) is 16.7 Å². The summed E-state index contributed by atoms with van der Waals surface area (Å²) in [5.74, 6) is -0.155. The first-order valence-corrected chi connectivity index (χ1v) is 12.3. The number of phenolic OH excluding ortho intramolecular Hbond substituents is 1. The van der Waals surface area contributed by atoms with E-state index in [-0.39, 0.29) is 34.1 Å². The van der Waals surface area contributed by atoms with Gasteiger partial charge in [0, 0.05) is 23.7 Å². The van der Waals surface area contributed by atoms with Gasteiger partial charge in [-0.05, 0) is 49.4 Å². The number of fused-ring (bicyclic) bond motifs is 2. The van der Waals surface area contributed by atoms with E-state index >= 15 is 0 Å². The van der Waals surface area contributed by atoms with Crippen molar-refractivity contribution in [3.05, 3.63) is 111 Å². The predicted octanol–water partition coefficient (Wildman–Crippen LogP) is 4.40. The van der Waals surface area contributed by atoms with Gasteiger partial charge in [-0.15, -0.1) is 0 Å². The van der Waals surface area contributed by atoms with E-state index < -0.39 is 11.5 Å². The molecule has 0 spiro atoms. The van der Waals surface area contributed by atoms with Gasteiger partial charge in [-0.3, -0.25) is 14.6 Å². The Morgan fingerprint density at radius 3 is 2.54 bits per heavy atom. The third kappa shape index (κ3) is 3.97. The number of ether oxygens (including phenoxy) is 1. The Kier molecular flexibility index (Phi) is 5.80. The highest BCUT2D eigenvalue weighted by atomic mass is 16.5. The van der Waals surface area contributed by atoms with Crippen LogP contribution in [0.15, 0.2) is 105 Å². The van der Waals surface area contributed by atoms with E-state index in [9.17, 15) is 19.8 Å². The second-order valence-electron chi connectivity index (χ2n) is 8.88. The van der Waals surface area contributed by atoms with Crippen LogP contribution >= 0.6 is 0 Å². The van der Waals surface area contributed by atoms with Gasteiger partial charge in [-0.25, -0.2) is 5.43 Å². The molecule has 0 saturated heterocycles. The van der Waals surface area contributed by atoms with Crippen LogP contribution in [0.1, 0.15) is 18.1 Å². The lowest BCUT2D eigenvalue weighted by molar-refractivity contribution is -0.116. The maximum atomic E-state index is 13.6. The number of amides is 1. The number of benzene rings is 3. The number of nitrogens with zero attached hydrogens (tertiary/aromatic N) is 3. The van der Waals surface area contributed by atoms with Gasteiger partial charge in [-0.1, -0.05) is 36.4 Å². The number of aromatic nitrogens is 1. The molecule has 0 saturated carbocycles. The minimum absolute atomic E-state index is 0.00486. The number of hydrogen-bond acceptors (Lipinski definition) is 7. The summed E-state index contributed by atoms with van der Waals surface area (Å²) in [6.07, 6.45) is 3.01. The standard InChI is InChI=1S/C30H22N4O5/c1-2-34-22-12-6-3-9-18(22)27(36)25(30(34)38)26-20(29(37)33-32-26)15-17-16-31-21-11-5-8-14-24(21)39-28(17)19-10-4-7-13-23(19)35/h3-16,35-36H,2H2,1H3,(H,33,37)/b20-15-. The molecule has 0 fully saturated rings. The highest BCUT2D eigenvalue weighted by Crippen LogP contribution is 2.38. The van der Waals surface area contributed by atoms with Crippen LogP contribution in [0.3, 0.4) is 0 Å². The Balaban J connectivity index is 1.58. The van der Waals surface area contributed by atoms with Crippen molar-refractivity contribution in [3.8, 4) is 17.2 Å². The highest BCUT2D eigenvalue weighted by Gasteiger charge is 2.31.